The Labute approximate surface area is 110 Å². The molecule has 0 radical (unpaired) electrons. The van der Waals surface area contributed by atoms with E-state index >= 15 is 0 Å². The van der Waals surface area contributed by atoms with Crippen molar-refractivity contribution in [3.8, 4) is 5.75 Å². The second-order valence-electron chi connectivity index (χ2n) is 3.79. The fraction of sp³-hybridized carbons (Fsp3) is 0.333. The molecule has 96 valence electrons. The molecule has 1 aromatic rings. The molecule has 0 atom stereocenters. The van der Waals surface area contributed by atoms with Gasteiger partial charge in [-0.25, -0.2) is 0 Å². The van der Waals surface area contributed by atoms with Crippen LogP contribution in [0.15, 0.2) is 24.3 Å². The molecule has 0 saturated heterocycles. The second-order valence-corrected chi connectivity index (χ2v) is 4.05. The third kappa shape index (κ3) is 2.73. The third-order valence-electron chi connectivity index (χ3n) is 2.59. The molecule has 1 heterocycles. The number of hydrogen-bond acceptors (Lipinski definition) is 3. The van der Waals surface area contributed by atoms with E-state index in [9.17, 15) is 9.59 Å². The first-order chi connectivity index (χ1) is 8.72. The molecule has 0 aliphatic carbocycles. The maximum Gasteiger partial charge on any atom is 0.265 e. The van der Waals surface area contributed by atoms with Crippen molar-refractivity contribution in [2.45, 2.75) is 0 Å². The van der Waals surface area contributed by atoms with E-state index in [-0.39, 0.29) is 24.3 Å². The number of amides is 2. The number of alkyl halides is 1. The van der Waals surface area contributed by atoms with Crippen molar-refractivity contribution in [1.29, 1.82) is 0 Å². The Bertz CT molecular complexity index is 464. The van der Waals surface area contributed by atoms with E-state index in [0.29, 0.717) is 18.8 Å². The molecule has 0 spiro atoms. The van der Waals surface area contributed by atoms with Gasteiger partial charge in [0.2, 0.25) is 5.91 Å². The van der Waals surface area contributed by atoms with E-state index in [1.165, 1.54) is 0 Å². The molecule has 1 aromatic carbocycles. The number of para-hydroxylation sites is 2. The predicted octanol–water partition coefficient (Wildman–Crippen LogP) is 0.767. The predicted molar refractivity (Wildman–Crippen MR) is 68.0 cm³/mol. The fourth-order valence-corrected chi connectivity index (χ4v) is 1.85. The standard InChI is InChI=1S/C12H13ClN2O3/c13-7-11(16)14-5-6-15-9-3-1-2-4-10(9)18-8-12(15)17/h1-4H,5-8H2,(H,14,16). The summed E-state index contributed by atoms with van der Waals surface area (Å²) in [5.74, 6) is 0.244. The molecule has 18 heavy (non-hydrogen) atoms. The molecule has 0 unspecified atom stereocenters. The number of carbonyl (C=O) groups is 2. The second kappa shape index (κ2) is 5.73. The first-order valence-electron chi connectivity index (χ1n) is 5.57. The van der Waals surface area contributed by atoms with E-state index < -0.39 is 0 Å². The van der Waals surface area contributed by atoms with Gasteiger partial charge in [-0.15, -0.1) is 11.6 Å². The zero-order valence-corrected chi connectivity index (χ0v) is 10.4. The summed E-state index contributed by atoms with van der Waals surface area (Å²) >= 11 is 5.37. The molecule has 0 fully saturated rings. The highest BCUT2D eigenvalue weighted by molar-refractivity contribution is 6.27. The van der Waals surface area contributed by atoms with Crippen LogP contribution < -0.4 is 15.0 Å². The van der Waals surface area contributed by atoms with Crippen LogP contribution in [0.25, 0.3) is 0 Å². The number of carbonyl (C=O) groups excluding carboxylic acids is 2. The van der Waals surface area contributed by atoms with Gasteiger partial charge in [-0.1, -0.05) is 12.1 Å². The Morgan fingerprint density at radius 3 is 3.00 bits per heavy atom. The monoisotopic (exact) mass is 268 g/mol. The minimum absolute atomic E-state index is 0.0282. The van der Waals surface area contributed by atoms with Crippen LogP contribution in [0.4, 0.5) is 5.69 Å². The van der Waals surface area contributed by atoms with E-state index in [2.05, 4.69) is 5.32 Å². The van der Waals surface area contributed by atoms with Crippen LogP contribution in [0.2, 0.25) is 0 Å². The van der Waals surface area contributed by atoms with Gasteiger partial charge in [0.25, 0.3) is 5.91 Å². The zero-order valence-electron chi connectivity index (χ0n) is 9.69. The molecule has 0 bridgehead atoms. The quantitative estimate of drug-likeness (QED) is 0.821. The van der Waals surface area contributed by atoms with Crippen molar-refractivity contribution in [1.82, 2.24) is 5.32 Å². The number of hydrogen-bond donors (Lipinski definition) is 1. The molecule has 2 rings (SSSR count). The smallest absolute Gasteiger partial charge is 0.265 e. The third-order valence-corrected chi connectivity index (χ3v) is 2.83. The van der Waals surface area contributed by atoms with Gasteiger partial charge in [0.1, 0.15) is 11.6 Å². The van der Waals surface area contributed by atoms with Gasteiger partial charge in [0.05, 0.1) is 5.69 Å². The zero-order chi connectivity index (χ0) is 13.0. The maximum atomic E-state index is 11.8. The number of halogens is 1. The minimum Gasteiger partial charge on any atom is -0.482 e. The van der Waals surface area contributed by atoms with Gasteiger partial charge >= 0.3 is 0 Å². The average molecular weight is 269 g/mol. The van der Waals surface area contributed by atoms with Gasteiger partial charge in [0.15, 0.2) is 6.61 Å². The highest BCUT2D eigenvalue weighted by Gasteiger charge is 2.24. The van der Waals surface area contributed by atoms with Crippen LogP contribution in [0.1, 0.15) is 0 Å². The summed E-state index contributed by atoms with van der Waals surface area (Å²) in [5.41, 5.74) is 0.730. The highest BCUT2D eigenvalue weighted by atomic mass is 35.5. The van der Waals surface area contributed by atoms with Crippen molar-refractivity contribution in [3.63, 3.8) is 0 Å². The molecular formula is C12H13ClN2O3. The Balaban J connectivity index is 2.03. The van der Waals surface area contributed by atoms with Crippen LogP contribution >= 0.6 is 11.6 Å². The summed E-state index contributed by atoms with van der Waals surface area (Å²) in [5, 5.41) is 2.63. The largest absolute Gasteiger partial charge is 0.482 e. The SMILES string of the molecule is O=C(CCl)NCCN1C(=O)COc2ccccc21. The molecule has 2 amide bonds. The molecule has 0 saturated carbocycles. The Kier molecular flexibility index (Phi) is 4.04. The average Bonchev–Trinajstić information content (AvgIpc) is 2.41. The van der Waals surface area contributed by atoms with Crippen molar-refractivity contribution in [2.75, 3.05) is 30.5 Å². The molecule has 0 aromatic heterocycles. The van der Waals surface area contributed by atoms with E-state index in [4.69, 9.17) is 16.3 Å². The summed E-state index contributed by atoms with van der Waals surface area (Å²) in [6.45, 7) is 0.800. The summed E-state index contributed by atoms with van der Waals surface area (Å²) in [4.78, 5) is 24.4. The maximum absolute atomic E-state index is 11.8. The lowest BCUT2D eigenvalue weighted by Gasteiger charge is -2.29. The van der Waals surface area contributed by atoms with Gasteiger partial charge in [-0.05, 0) is 12.1 Å². The topological polar surface area (TPSA) is 58.6 Å². The van der Waals surface area contributed by atoms with Crippen LogP contribution in [-0.2, 0) is 9.59 Å². The van der Waals surface area contributed by atoms with Crippen LogP contribution in [0.5, 0.6) is 5.75 Å². The molecule has 1 aliphatic heterocycles. The molecule has 5 nitrogen and oxygen atoms in total. The number of fused-ring (bicyclic) bond motifs is 1. The lowest BCUT2D eigenvalue weighted by molar-refractivity contribution is -0.122. The lowest BCUT2D eigenvalue weighted by atomic mass is 10.2. The number of nitrogens with zero attached hydrogens (tertiary/aromatic N) is 1. The van der Waals surface area contributed by atoms with Crippen LogP contribution in [0.3, 0.4) is 0 Å². The summed E-state index contributed by atoms with van der Waals surface area (Å²) in [6.07, 6.45) is 0. The first kappa shape index (κ1) is 12.7. The number of rotatable bonds is 4. The molecule has 1 aliphatic rings. The van der Waals surface area contributed by atoms with Gasteiger partial charge in [-0.3, -0.25) is 9.59 Å². The number of anilines is 1. The molecule has 6 heteroatoms. The fourth-order valence-electron chi connectivity index (χ4n) is 1.75. The van der Waals surface area contributed by atoms with Gasteiger partial charge in [-0.2, -0.15) is 0 Å². The van der Waals surface area contributed by atoms with E-state index in [0.717, 1.165) is 5.69 Å². The van der Waals surface area contributed by atoms with Crippen molar-refractivity contribution >= 4 is 29.1 Å². The Morgan fingerprint density at radius 1 is 1.44 bits per heavy atom. The lowest BCUT2D eigenvalue weighted by Crippen LogP contribution is -2.43. The summed E-state index contributed by atoms with van der Waals surface area (Å²) in [6, 6.07) is 7.31. The van der Waals surface area contributed by atoms with Crippen LogP contribution in [0, 0.1) is 0 Å². The summed E-state index contributed by atoms with van der Waals surface area (Å²) in [7, 11) is 0. The van der Waals surface area contributed by atoms with Gasteiger partial charge in [0, 0.05) is 13.1 Å². The molecular weight excluding hydrogens is 256 g/mol. The minimum atomic E-state index is -0.245. The molecule has 1 N–H and O–H groups in total. The van der Waals surface area contributed by atoms with Crippen molar-refractivity contribution in [2.24, 2.45) is 0 Å². The number of nitrogens with one attached hydrogen (secondary N) is 1. The van der Waals surface area contributed by atoms with Crippen LogP contribution in [-0.4, -0.2) is 37.4 Å². The number of ether oxygens (including phenoxy) is 1. The van der Waals surface area contributed by atoms with Gasteiger partial charge < -0.3 is 15.0 Å². The Morgan fingerprint density at radius 2 is 2.22 bits per heavy atom. The number of benzene rings is 1. The van der Waals surface area contributed by atoms with Crippen molar-refractivity contribution in [3.05, 3.63) is 24.3 Å². The Hall–Kier alpha value is -1.75. The highest BCUT2D eigenvalue weighted by Crippen LogP contribution is 2.30. The normalized spacial score (nSPS) is 13.8. The van der Waals surface area contributed by atoms with E-state index in [1.54, 1.807) is 4.90 Å². The first-order valence-corrected chi connectivity index (χ1v) is 6.10. The van der Waals surface area contributed by atoms with Crippen molar-refractivity contribution < 1.29 is 14.3 Å². The summed E-state index contributed by atoms with van der Waals surface area (Å²) < 4.78 is 5.31. The van der Waals surface area contributed by atoms with E-state index in [1.807, 2.05) is 24.3 Å².